The molecule has 6 heteroatoms. The van der Waals surface area contributed by atoms with Crippen molar-refractivity contribution in [2.45, 2.75) is 31.3 Å². The number of hydrogen-bond acceptors (Lipinski definition) is 4. The third-order valence-corrected chi connectivity index (χ3v) is 4.90. The molecule has 3 unspecified atom stereocenters. The van der Waals surface area contributed by atoms with Gasteiger partial charge in [0.1, 0.15) is 5.69 Å². The third-order valence-electron chi connectivity index (χ3n) is 4.90. The van der Waals surface area contributed by atoms with E-state index in [9.17, 15) is 4.79 Å². The van der Waals surface area contributed by atoms with E-state index < -0.39 is 0 Å². The Balaban J connectivity index is 1.56. The number of H-pyrrole nitrogens is 1. The zero-order valence-electron chi connectivity index (χ0n) is 12.3. The zero-order chi connectivity index (χ0) is 15.1. The van der Waals surface area contributed by atoms with Crippen molar-refractivity contribution in [2.75, 3.05) is 6.54 Å². The minimum Gasteiger partial charge on any atom is -0.332 e. The van der Waals surface area contributed by atoms with Crippen LogP contribution in [-0.4, -0.2) is 44.6 Å². The molecule has 1 aliphatic carbocycles. The van der Waals surface area contributed by atoms with Gasteiger partial charge in [0.05, 0.1) is 6.20 Å². The van der Waals surface area contributed by atoms with Crippen LogP contribution in [0, 0.1) is 5.92 Å². The lowest BCUT2D eigenvalue weighted by Gasteiger charge is -2.48. The molecule has 3 fully saturated rings. The van der Waals surface area contributed by atoms with Crippen molar-refractivity contribution >= 4 is 5.91 Å². The van der Waals surface area contributed by atoms with Gasteiger partial charge < -0.3 is 10.6 Å². The highest BCUT2D eigenvalue weighted by Crippen LogP contribution is 2.35. The summed E-state index contributed by atoms with van der Waals surface area (Å²) in [6.45, 7) is 0.822. The molecule has 1 saturated carbocycles. The Bertz CT molecular complexity index is 666. The second-order valence-corrected chi connectivity index (χ2v) is 6.29. The monoisotopic (exact) mass is 297 g/mol. The van der Waals surface area contributed by atoms with Crippen LogP contribution in [0.4, 0.5) is 0 Å². The summed E-state index contributed by atoms with van der Waals surface area (Å²) >= 11 is 0. The summed E-state index contributed by atoms with van der Waals surface area (Å²) in [6.07, 6.45) is 8.52. The van der Waals surface area contributed by atoms with Gasteiger partial charge in [0.25, 0.3) is 5.91 Å². The summed E-state index contributed by atoms with van der Waals surface area (Å²) in [6, 6.07) is 3.99. The summed E-state index contributed by atoms with van der Waals surface area (Å²) in [7, 11) is 0. The molecule has 6 nitrogen and oxygen atoms in total. The summed E-state index contributed by atoms with van der Waals surface area (Å²) in [5.41, 5.74) is 8.59. The number of carbonyl (C=O) groups is 1. The second kappa shape index (κ2) is 5.21. The molecule has 2 aliphatic heterocycles. The summed E-state index contributed by atoms with van der Waals surface area (Å²) in [5.74, 6) is 0.553. The highest BCUT2D eigenvalue weighted by atomic mass is 16.2. The van der Waals surface area contributed by atoms with Crippen LogP contribution in [-0.2, 0) is 0 Å². The minimum atomic E-state index is 0.00333. The van der Waals surface area contributed by atoms with Crippen molar-refractivity contribution in [2.24, 2.45) is 11.7 Å². The van der Waals surface area contributed by atoms with Gasteiger partial charge in [-0.25, -0.2) is 0 Å². The van der Waals surface area contributed by atoms with Crippen LogP contribution < -0.4 is 5.73 Å². The number of rotatable bonds is 2. The van der Waals surface area contributed by atoms with Gasteiger partial charge in [-0.05, 0) is 31.2 Å². The van der Waals surface area contributed by atoms with Crippen molar-refractivity contribution in [3.8, 4) is 11.1 Å². The lowest BCUT2D eigenvalue weighted by Crippen LogP contribution is -2.60. The van der Waals surface area contributed by atoms with Crippen molar-refractivity contribution < 1.29 is 4.79 Å². The molecular weight excluding hydrogens is 278 g/mol. The largest absolute Gasteiger partial charge is 0.332 e. The van der Waals surface area contributed by atoms with E-state index in [0.29, 0.717) is 11.6 Å². The second-order valence-electron chi connectivity index (χ2n) is 6.29. The molecule has 3 aliphatic rings. The van der Waals surface area contributed by atoms with E-state index in [1.165, 1.54) is 6.42 Å². The van der Waals surface area contributed by atoms with E-state index in [1.807, 2.05) is 11.0 Å². The molecule has 2 saturated heterocycles. The minimum absolute atomic E-state index is 0.00333. The fraction of sp³-hybridized carbons (Fsp3) is 0.438. The predicted octanol–water partition coefficient (Wildman–Crippen LogP) is 1.42. The van der Waals surface area contributed by atoms with E-state index in [2.05, 4.69) is 15.2 Å². The lowest BCUT2D eigenvalue weighted by molar-refractivity contribution is 0.0245. The first-order valence-electron chi connectivity index (χ1n) is 7.74. The number of aromatic amines is 1. The predicted molar refractivity (Wildman–Crippen MR) is 82.0 cm³/mol. The van der Waals surface area contributed by atoms with Gasteiger partial charge in [-0.3, -0.25) is 14.9 Å². The number of nitrogens with two attached hydrogens (primary N) is 1. The third kappa shape index (κ3) is 2.20. The Morgan fingerprint density at radius 3 is 2.82 bits per heavy atom. The van der Waals surface area contributed by atoms with Crippen LogP contribution in [0.1, 0.15) is 29.8 Å². The summed E-state index contributed by atoms with van der Waals surface area (Å²) in [4.78, 5) is 19.0. The van der Waals surface area contributed by atoms with Gasteiger partial charge in [0, 0.05) is 42.1 Å². The fourth-order valence-corrected chi connectivity index (χ4v) is 3.73. The van der Waals surface area contributed by atoms with Crippen molar-refractivity contribution in [3.05, 3.63) is 36.4 Å². The van der Waals surface area contributed by atoms with E-state index in [0.717, 1.165) is 30.5 Å². The maximum Gasteiger partial charge on any atom is 0.272 e. The number of nitrogens with one attached hydrogen (secondary N) is 1. The highest BCUT2D eigenvalue weighted by molar-refractivity contribution is 5.93. The van der Waals surface area contributed by atoms with Gasteiger partial charge >= 0.3 is 0 Å². The normalized spacial score (nSPS) is 27.1. The molecule has 0 spiro atoms. The number of nitrogens with zero attached hydrogens (tertiary/aromatic N) is 3. The SMILES string of the molecule is NC1CC2CCC1N(C(=O)c1ccc(-c3cn[nH]c3)cn1)C2. The van der Waals surface area contributed by atoms with Crippen LogP contribution in [0.15, 0.2) is 30.7 Å². The summed E-state index contributed by atoms with van der Waals surface area (Å²) < 4.78 is 0. The molecular formula is C16H19N5O. The molecule has 3 atom stereocenters. The number of carbonyl (C=O) groups excluding carboxylic acids is 1. The molecule has 2 aromatic heterocycles. The fourth-order valence-electron chi connectivity index (χ4n) is 3.73. The maximum absolute atomic E-state index is 12.7. The average molecular weight is 297 g/mol. The Labute approximate surface area is 128 Å². The topological polar surface area (TPSA) is 87.9 Å². The number of piperidine rings is 2. The first kappa shape index (κ1) is 13.5. The Morgan fingerprint density at radius 2 is 2.18 bits per heavy atom. The van der Waals surface area contributed by atoms with Gasteiger partial charge in [-0.15, -0.1) is 0 Å². The Hall–Kier alpha value is -2.21. The van der Waals surface area contributed by atoms with Gasteiger partial charge in [-0.1, -0.05) is 6.07 Å². The van der Waals surface area contributed by atoms with E-state index in [4.69, 9.17) is 5.73 Å². The smallest absolute Gasteiger partial charge is 0.272 e. The molecule has 5 rings (SSSR count). The van der Waals surface area contributed by atoms with Crippen LogP contribution in [0.5, 0.6) is 0 Å². The Morgan fingerprint density at radius 1 is 1.27 bits per heavy atom. The molecule has 2 aromatic rings. The van der Waals surface area contributed by atoms with Crippen LogP contribution in [0.2, 0.25) is 0 Å². The van der Waals surface area contributed by atoms with Crippen LogP contribution in [0.25, 0.3) is 11.1 Å². The van der Waals surface area contributed by atoms with Gasteiger partial charge in [-0.2, -0.15) is 5.10 Å². The van der Waals surface area contributed by atoms with Crippen LogP contribution in [0.3, 0.4) is 0 Å². The summed E-state index contributed by atoms with van der Waals surface area (Å²) in [5, 5.41) is 6.70. The van der Waals surface area contributed by atoms with Gasteiger partial charge in [0.15, 0.2) is 0 Å². The van der Waals surface area contributed by atoms with Crippen molar-refractivity contribution in [3.63, 3.8) is 0 Å². The molecule has 0 aromatic carbocycles. The number of fused-ring (bicyclic) bond motifs is 3. The molecule has 114 valence electrons. The highest BCUT2D eigenvalue weighted by Gasteiger charge is 2.41. The molecule has 22 heavy (non-hydrogen) atoms. The van der Waals surface area contributed by atoms with E-state index in [1.54, 1.807) is 24.7 Å². The van der Waals surface area contributed by atoms with Crippen molar-refractivity contribution in [1.82, 2.24) is 20.1 Å². The molecule has 0 radical (unpaired) electrons. The van der Waals surface area contributed by atoms with Crippen LogP contribution >= 0.6 is 0 Å². The number of hydrogen-bond donors (Lipinski definition) is 2. The maximum atomic E-state index is 12.7. The van der Waals surface area contributed by atoms with Crippen molar-refractivity contribution in [1.29, 1.82) is 0 Å². The molecule has 1 amide bonds. The average Bonchev–Trinajstić information content (AvgIpc) is 3.09. The number of amides is 1. The first-order valence-corrected chi connectivity index (χ1v) is 7.74. The molecule has 3 N–H and O–H groups in total. The zero-order valence-corrected chi connectivity index (χ0v) is 12.3. The quantitative estimate of drug-likeness (QED) is 0.877. The number of pyridine rings is 1. The van der Waals surface area contributed by atoms with Gasteiger partial charge in [0.2, 0.25) is 0 Å². The first-order chi connectivity index (χ1) is 10.7. The van der Waals surface area contributed by atoms with E-state index in [-0.39, 0.29) is 18.0 Å². The lowest BCUT2D eigenvalue weighted by atomic mass is 9.77. The molecule has 2 bridgehead atoms. The number of aromatic nitrogens is 3. The molecule has 4 heterocycles. The standard InChI is InChI=1S/C16H19N5O/c17-13-5-10-1-4-15(13)21(9-10)16(22)14-3-2-11(6-18-14)12-7-19-20-8-12/h2-3,6-8,10,13,15H,1,4-5,9,17H2,(H,19,20). The Kier molecular flexibility index (Phi) is 3.18. The van der Waals surface area contributed by atoms with E-state index >= 15 is 0 Å².